The lowest BCUT2D eigenvalue weighted by atomic mass is 10.2. The maximum absolute atomic E-state index is 12.6. The van der Waals surface area contributed by atoms with Gasteiger partial charge in [0.25, 0.3) is 0 Å². The van der Waals surface area contributed by atoms with E-state index in [4.69, 9.17) is 39.5 Å². The van der Waals surface area contributed by atoms with E-state index in [9.17, 15) is 4.79 Å². The van der Waals surface area contributed by atoms with Crippen molar-refractivity contribution in [2.24, 2.45) is 0 Å². The average Bonchev–Trinajstić information content (AvgIpc) is 2.40. The van der Waals surface area contributed by atoms with Gasteiger partial charge in [-0.25, -0.2) is 0 Å². The van der Waals surface area contributed by atoms with E-state index in [0.29, 0.717) is 22.3 Å². The van der Waals surface area contributed by atoms with Crippen LogP contribution in [0, 0.1) is 0 Å². The van der Waals surface area contributed by atoms with Gasteiger partial charge in [0.05, 0.1) is 16.5 Å². The van der Waals surface area contributed by atoms with Gasteiger partial charge in [-0.1, -0.05) is 46.4 Å². The molecule has 1 aromatic carbocycles. The van der Waals surface area contributed by atoms with Crippen molar-refractivity contribution in [1.82, 2.24) is 0 Å². The van der Waals surface area contributed by atoms with E-state index in [1.807, 2.05) is 27.4 Å². The summed E-state index contributed by atoms with van der Waals surface area (Å²) in [5.41, 5.74) is -1.36. The third-order valence-electron chi connectivity index (χ3n) is 2.74. The average molecular weight is 400 g/mol. The predicted octanol–water partition coefficient (Wildman–Crippen LogP) is 5.44. The molecule has 0 fully saturated rings. The summed E-state index contributed by atoms with van der Waals surface area (Å²) in [7, 11) is 0. The molecule has 0 saturated heterocycles. The minimum Gasteiger partial charge on any atom is -0.342 e. The van der Waals surface area contributed by atoms with Gasteiger partial charge >= 0.3 is 0 Å². The molecule has 1 rings (SSSR count). The van der Waals surface area contributed by atoms with Gasteiger partial charge in [0, 0.05) is 17.7 Å². The lowest BCUT2D eigenvalue weighted by molar-refractivity contribution is -0.116. The summed E-state index contributed by atoms with van der Waals surface area (Å²) in [6.07, 6.45) is 0. The second-order valence-electron chi connectivity index (χ2n) is 4.92. The van der Waals surface area contributed by atoms with Crippen LogP contribution in [0.2, 0.25) is 10.0 Å². The second kappa shape index (κ2) is 8.91. The van der Waals surface area contributed by atoms with Crippen molar-refractivity contribution >= 4 is 63.5 Å². The molecule has 3 nitrogen and oxygen atoms in total. The molecule has 0 aliphatic carbocycles. The molecular formula is C14H20Cl2NO2PS2. The van der Waals surface area contributed by atoms with Crippen molar-refractivity contribution in [2.45, 2.75) is 26.8 Å². The van der Waals surface area contributed by atoms with Crippen molar-refractivity contribution in [2.75, 3.05) is 23.9 Å². The maximum Gasteiger partial charge on any atom is 0.237 e. The zero-order chi connectivity index (χ0) is 16.9. The highest BCUT2D eigenvalue weighted by molar-refractivity contribution is 8.69. The zero-order valence-electron chi connectivity index (χ0n) is 13.0. The van der Waals surface area contributed by atoms with Crippen LogP contribution in [0.15, 0.2) is 18.2 Å². The first-order chi connectivity index (χ1) is 10.2. The van der Waals surface area contributed by atoms with Crippen molar-refractivity contribution in [3.63, 3.8) is 0 Å². The van der Waals surface area contributed by atoms with Crippen molar-refractivity contribution < 1.29 is 9.32 Å². The monoisotopic (exact) mass is 399 g/mol. The third kappa shape index (κ3) is 6.03. The lowest BCUT2D eigenvalue weighted by Crippen LogP contribution is -2.38. The number of hydrogen-bond acceptors (Lipinski definition) is 4. The van der Waals surface area contributed by atoms with Crippen molar-refractivity contribution in [3.05, 3.63) is 28.2 Å². The topological polar surface area (TPSA) is 29.5 Å². The molecule has 0 spiro atoms. The largest absolute Gasteiger partial charge is 0.342 e. The molecule has 1 atom stereocenters. The number of nitrogens with zero attached hydrogens (tertiary/aromatic N) is 1. The van der Waals surface area contributed by atoms with E-state index in [-0.39, 0.29) is 17.7 Å². The molecule has 1 aromatic rings. The molecule has 0 aliphatic rings. The molecule has 0 radical (unpaired) electrons. The summed E-state index contributed by atoms with van der Waals surface area (Å²) in [6.45, 7) is 8.21. The lowest BCUT2D eigenvalue weighted by Gasteiger charge is -2.28. The number of benzene rings is 1. The van der Waals surface area contributed by atoms with Crippen molar-refractivity contribution in [3.8, 4) is 0 Å². The molecule has 0 N–H and O–H groups in total. The molecule has 0 bridgehead atoms. The Morgan fingerprint density at radius 1 is 1.45 bits per heavy atom. The Labute approximate surface area is 151 Å². The number of carbonyl (C=O) groups excluding carboxylic acids is 1. The molecule has 0 heterocycles. The van der Waals surface area contributed by atoms with Crippen LogP contribution in [0.5, 0.6) is 0 Å². The molecule has 0 aromatic heterocycles. The number of rotatable bonds is 7. The predicted molar refractivity (Wildman–Crippen MR) is 103 cm³/mol. The van der Waals surface area contributed by atoms with Crippen LogP contribution >= 0.6 is 40.1 Å². The summed E-state index contributed by atoms with van der Waals surface area (Å²) in [5.74, 6) is 0.203. The van der Waals surface area contributed by atoms with Crippen LogP contribution in [0.1, 0.15) is 20.8 Å². The second-order valence-corrected chi connectivity index (χ2v) is 13.8. The van der Waals surface area contributed by atoms with Gasteiger partial charge < -0.3 is 9.42 Å². The Hall–Kier alpha value is 0.230. The van der Waals surface area contributed by atoms with Crippen LogP contribution < -0.4 is 4.90 Å². The highest BCUT2D eigenvalue weighted by Gasteiger charge is 2.23. The summed E-state index contributed by atoms with van der Waals surface area (Å²) >= 11 is 19.1. The van der Waals surface area contributed by atoms with E-state index in [1.165, 1.54) is 11.4 Å². The Morgan fingerprint density at radius 2 is 2.09 bits per heavy atom. The molecule has 1 amide bonds. The summed E-state index contributed by atoms with van der Waals surface area (Å²) in [4.78, 5) is 14.3. The first kappa shape index (κ1) is 20.3. The molecular weight excluding hydrogens is 380 g/mol. The quantitative estimate of drug-likeness (QED) is 0.570. The van der Waals surface area contributed by atoms with Gasteiger partial charge in [-0.3, -0.25) is 4.79 Å². The molecule has 8 heteroatoms. The van der Waals surface area contributed by atoms with Gasteiger partial charge in [-0.05, 0) is 45.6 Å². The fourth-order valence-corrected chi connectivity index (χ4v) is 5.65. The first-order valence-electron chi connectivity index (χ1n) is 6.81. The summed E-state index contributed by atoms with van der Waals surface area (Å²) in [6, 6.07) is 5.06. The maximum atomic E-state index is 12.6. The minimum atomic E-state index is -1.99. The van der Waals surface area contributed by atoms with Crippen LogP contribution in [0.4, 0.5) is 5.69 Å². The Kier molecular flexibility index (Phi) is 8.21. The normalized spacial score (nSPS) is 14.0. The molecule has 124 valence electrons. The van der Waals surface area contributed by atoms with E-state index >= 15 is 0 Å². The number of halogens is 2. The van der Waals surface area contributed by atoms with Crippen molar-refractivity contribution in [1.29, 1.82) is 0 Å². The molecule has 0 saturated carbocycles. The van der Waals surface area contributed by atoms with Gasteiger partial charge in [-0.2, -0.15) is 0 Å². The highest BCUT2D eigenvalue weighted by Crippen LogP contribution is 2.56. The summed E-state index contributed by atoms with van der Waals surface area (Å²) < 4.78 is 5.54. The highest BCUT2D eigenvalue weighted by atomic mass is 35.5. The zero-order valence-corrected chi connectivity index (χ0v) is 17.0. The van der Waals surface area contributed by atoms with Crippen LogP contribution in [0.25, 0.3) is 0 Å². The Bertz CT molecular complexity index is 584. The Morgan fingerprint density at radius 3 is 2.64 bits per heavy atom. The SMILES string of the molecule is CCOP(C)(=S)SCC(=O)N(c1cc(Cl)ccc1Cl)C(C)C. The number of hydrogen-bond donors (Lipinski definition) is 0. The van der Waals surface area contributed by atoms with Gasteiger partial charge in [0.15, 0.2) is 0 Å². The molecule has 22 heavy (non-hydrogen) atoms. The fourth-order valence-electron chi connectivity index (χ4n) is 1.88. The smallest absolute Gasteiger partial charge is 0.237 e. The van der Waals surface area contributed by atoms with Crippen LogP contribution in [-0.4, -0.2) is 31.0 Å². The standard InChI is InChI=1S/C14H20Cl2NO2PS2/c1-5-19-20(4,21)22-9-14(18)17(10(2)3)13-8-11(15)6-7-12(13)16/h6-8,10H,5,9H2,1-4H3. The molecule has 0 aliphatic heterocycles. The van der Waals surface area contributed by atoms with Crippen LogP contribution in [0.3, 0.4) is 0 Å². The van der Waals surface area contributed by atoms with Gasteiger partial charge in [0.1, 0.15) is 5.47 Å². The minimum absolute atomic E-state index is 0.0362. The number of anilines is 1. The Balaban J connectivity index is 2.94. The molecule has 1 unspecified atom stereocenters. The van der Waals surface area contributed by atoms with E-state index in [0.717, 1.165) is 0 Å². The van der Waals surface area contributed by atoms with E-state index in [2.05, 4.69) is 0 Å². The third-order valence-corrected chi connectivity index (χ3v) is 8.24. The number of carbonyl (C=O) groups is 1. The fraction of sp³-hybridized carbons (Fsp3) is 0.500. The van der Waals surface area contributed by atoms with Crippen LogP contribution in [-0.2, 0) is 21.1 Å². The van der Waals surface area contributed by atoms with E-state index in [1.54, 1.807) is 23.1 Å². The van der Waals surface area contributed by atoms with Gasteiger partial charge in [0.2, 0.25) is 5.91 Å². The van der Waals surface area contributed by atoms with E-state index < -0.39 is 5.47 Å². The summed E-state index contributed by atoms with van der Waals surface area (Å²) in [5, 5.41) is 1.04. The first-order valence-corrected chi connectivity index (χ1v) is 12.3. The van der Waals surface area contributed by atoms with Gasteiger partial charge in [-0.15, -0.1) is 0 Å². The number of amides is 1.